The summed E-state index contributed by atoms with van der Waals surface area (Å²) in [7, 11) is 0. The summed E-state index contributed by atoms with van der Waals surface area (Å²) in [6, 6.07) is 7.01. The van der Waals surface area contributed by atoms with Gasteiger partial charge in [0.15, 0.2) is 0 Å². The third kappa shape index (κ3) is 3.52. The Labute approximate surface area is 95.6 Å². The van der Waals surface area contributed by atoms with Crippen LogP contribution in [0.3, 0.4) is 0 Å². The van der Waals surface area contributed by atoms with Crippen LogP contribution in [0.25, 0.3) is 0 Å². The highest BCUT2D eigenvalue weighted by molar-refractivity contribution is 9.10. The number of halogens is 2. The average molecular weight is 276 g/mol. The van der Waals surface area contributed by atoms with Gasteiger partial charge in [-0.05, 0) is 24.3 Å². The van der Waals surface area contributed by atoms with E-state index < -0.39 is 0 Å². The number of esters is 1. The van der Waals surface area contributed by atoms with Crippen molar-refractivity contribution in [2.24, 2.45) is 0 Å². The first-order valence-corrected chi connectivity index (χ1v) is 5.15. The van der Waals surface area contributed by atoms with Gasteiger partial charge in [0.1, 0.15) is 6.61 Å². The first-order valence-electron chi connectivity index (χ1n) is 3.92. The largest absolute Gasteiger partial charge is 0.458 e. The van der Waals surface area contributed by atoms with Gasteiger partial charge >= 0.3 is 5.97 Å². The fraction of sp³-hybridized carbons (Fsp3) is 0.100. The maximum absolute atomic E-state index is 11.4. The lowest BCUT2D eigenvalue weighted by Gasteiger charge is -2.01. The highest BCUT2D eigenvalue weighted by Gasteiger charge is 2.05. The molecule has 0 spiro atoms. The van der Waals surface area contributed by atoms with Gasteiger partial charge in [-0.25, -0.2) is 4.79 Å². The molecule has 0 aliphatic rings. The fourth-order valence-electron chi connectivity index (χ4n) is 0.859. The molecule has 0 saturated carbocycles. The minimum Gasteiger partial charge on any atom is -0.458 e. The lowest BCUT2D eigenvalue weighted by molar-refractivity contribution is 0.0549. The molecule has 1 aromatic rings. The molecule has 0 saturated heterocycles. The van der Waals surface area contributed by atoms with Crippen molar-refractivity contribution in [1.82, 2.24) is 0 Å². The second-order valence-corrected chi connectivity index (χ2v) is 3.64. The van der Waals surface area contributed by atoms with Crippen LogP contribution in [0.4, 0.5) is 0 Å². The molecular weight excluding hydrogens is 267 g/mol. The normalized spacial score (nSPS) is 10.4. The van der Waals surface area contributed by atoms with Crippen molar-refractivity contribution >= 4 is 33.5 Å². The minimum absolute atomic E-state index is 0.189. The molecule has 1 aromatic carbocycles. The van der Waals surface area contributed by atoms with Crippen molar-refractivity contribution < 1.29 is 9.53 Å². The first-order chi connectivity index (χ1) is 6.74. The van der Waals surface area contributed by atoms with Crippen LogP contribution < -0.4 is 0 Å². The van der Waals surface area contributed by atoms with Gasteiger partial charge in [-0.15, -0.1) is 0 Å². The number of ether oxygens (including phenoxy) is 1. The average Bonchev–Trinajstić information content (AvgIpc) is 2.18. The second-order valence-electron chi connectivity index (χ2n) is 2.47. The van der Waals surface area contributed by atoms with Crippen LogP contribution in [0, 0.1) is 0 Å². The Morgan fingerprint density at radius 3 is 3.00 bits per heavy atom. The van der Waals surface area contributed by atoms with Crippen LogP contribution in [0.2, 0.25) is 0 Å². The van der Waals surface area contributed by atoms with Gasteiger partial charge in [0.05, 0.1) is 5.56 Å². The summed E-state index contributed by atoms with van der Waals surface area (Å²) in [5, 5.41) is 0. The molecule has 0 unspecified atom stereocenters. The number of carbonyl (C=O) groups is 1. The lowest BCUT2D eigenvalue weighted by Crippen LogP contribution is -2.04. The molecule has 14 heavy (non-hydrogen) atoms. The third-order valence-corrected chi connectivity index (χ3v) is 2.13. The van der Waals surface area contributed by atoms with Gasteiger partial charge in [-0.2, -0.15) is 0 Å². The molecule has 0 heterocycles. The van der Waals surface area contributed by atoms with Crippen LogP contribution in [-0.2, 0) is 4.74 Å². The van der Waals surface area contributed by atoms with Crippen LogP contribution in [0.1, 0.15) is 10.4 Å². The van der Waals surface area contributed by atoms with Crippen LogP contribution in [0.5, 0.6) is 0 Å². The zero-order valence-corrected chi connectivity index (χ0v) is 9.59. The van der Waals surface area contributed by atoms with Crippen molar-refractivity contribution in [3.05, 3.63) is 45.9 Å². The molecule has 74 valence electrons. The van der Waals surface area contributed by atoms with Crippen molar-refractivity contribution in [2.75, 3.05) is 6.61 Å². The molecule has 0 atom stereocenters. The standard InChI is InChI=1S/C10H8BrClO2/c11-9-4-1-3-8(7-9)10(13)14-6-2-5-12/h1-5,7H,6H2/b5-2+. The lowest BCUT2D eigenvalue weighted by atomic mass is 10.2. The predicted molar refractivity (Wildman–Crippen MR) is 59.4 cm³/mol. The zero-order chi connectivity index (χ0) is 10.4. The Balaban J connectivity index is 2.60. The van der Waals surface area contributed by atoms with Gasteiger partial charge in [0.2, 0.25) is 0 Å². The summed E-state index contributed by atoms with van der Waals surface area (Å²) in [5.41, 5.74) is 1.83. The molecule has 0 N–H and O–H groups in total. The SMILES string of the molecule is O=C(OC/C=C/Cl)c1cccc(Br)c1. The highest BCUT2D eigenvalue weighted by Crippen LogP contribution is 2.12. The predicted octanol–water partition coefficient (Wildman–Crippen LogP) is 3.36. The van der Waals surface area contributed by atoms with Crippen molar-refractivity contribution in [1.29, 1.82) is 0 Å². The Bertz CT molecular complexity index is 350. The molecule has 0 amide bonds. The molecule has 1 rings (SSSR count). The zero-order valence-electron chi connectivity index (χ0n) is 7.24. The van der Waals surface area contributed by atoms with E-state index in [-0.39, 0.29) is 12.6 Å². The summed E-state index contributed by atoms with van der Waals surface area (Å²) in [5.74, 6) is -0.360. The van der Waals surface area contributed by atoms with E-state index in [4.69, 9.17) is 16.3 Å². The van der Waals surface area contributed by atoms with E-state index in [2.05, 4.69) is 15.9 Å². The second kappa shape index (κ2) is 5.83. The van der Waals surface area contributed by atoms with Crippen LogP contribution in [0.15, 0.2) is 40.3 Å². The van der Waals surface area contributed by atoms with Crippen molar-refractivity contribution in [3.8, 4) is 0 Å². The van der Waals surface area contributed by atoms with E-state index >= 15 is 0 Å². The molecule has 0 aliphatic heterocycles. The van der Waals surface area contributed by atoms with Gasteiger partial charge in [-0.1, -0.05) is 33.6 Å². The number of hydrogen-bond acceptors (Lipinski definition) is 2. The first kappa shape index (κ1) is 11.3. The van der Waals surface area contributed by atoms with E-state index in [0.29, 0.717) is 5.56 Å². The van der Waals surface area contributed by atoms with E-state index in [1.165, 1.54) is 5.54 Å². The van der Waals surface area contributed by atoms with Gasteiger partial charge in [-0.3, -0.25) is 0 Å². The number of hydrogen-bond donors (Lipinski definition) is 0. The van der Waals surface area contributed by atoms with E-state index in [9.17, 15) is 4.79 Å². The van der Waals surface area contributed by atoms with Crippen LogP contribution >= 0.6 is 27.5 Å². The van der Waals surface area contributed by atoms with Crippen molar-refractivity contribution in [3.63, 3.8) is 0 Å². The summed E-state index contributed by atoms with van der Waals surface area (Å²) in [4.78, 5) is 11.4. The molecule has 0 bridgehead atoms. The highest BCUT2D eigenvalue weighted by atomic mass is 79.9. The molecule has 2 nitrogen and oxygen atoms in total. The fourth-order valence-corrected chi connectivity index (χ4v) is 1.33. The maximum Gasteiger partial charge on any atom is 0.338 e. The van der Waals surface area contributed by atoms with Gasteiger partial charge in [0.25, 0.3) is 0 Å². The van der Waals surface area contributed by atoms with E-state index in [1.54, 1.807) is 24.3 Å². The summed E-state index contributed by atoms with van der Waals surface area (Å²) >= 11 is 8.55. The van der Waals surface area contributed by atoms with Crippen LogP contribution in [-0.4, -0.2) is 12.6 Å². The summed E-state index contributed by atoms with van der Waals surface area (Å²) < 4.78 is 5.74. The molecule has 4 heteroatoms. The topological polar surface area (TPSA) is 26.3 Å². The Hall–Kier alpha value is -0.800. The Morgan fingerprint density at radius 1 is 1.57 bits per heavy atom. The maximum atomic E-state index is 11.4. The molecule has 0 fully saturated rings. The van der Waals surface area contributed by atoms with Gasteiger partial charge in [0, 0.05) is 10.0 Å². The summed E-state index contributed by atoms with van der Waals surface area (Å²) in [6.45, 7) is 0.189. The summed E-state index contributed by atoms with van der Waals surface area (Å²) in [6.07, 6.45) is 1.55. The molecule has 0 aliphatic carbocycles. The number of rotatable bonds is 3. The minimum atomic E-state index is -0.360. The molecule has 0 aromatic heterocycles. The molecule has 0 radical (unpaired) electrons. The Kier molecular flexibility index (Phi) is 4.70. The Morgan fingerprint density at radius 2 is 2.36 bits per heavy atom. The number of benzene rings is 1. The van der Waals surface area contributed by atoms with Crippen molar-refractivity contribution in [2.45, 2.75) is 0 Å². The monoisotopic (exact) mass is 274 g/mol. The number of carbonyl (C=O) groups excluding carboxylic acids is 1. The van der Waals surface area contributed by atoms with Gasteiger partial charge < -0.3 is 4.74 Å². The molecular formula is C10H8BrClO2. The quantitative estimate of drug-likeness (QED) is 0.791. The van der Waals surface area contributed by atoms with E-state index in [0.717, 1.165) is 4.47 Å². The smallest absolute Gasteiger partial charge is 0.338 e. The van der Waals surface area contributed by atoms with E-state index in [1.807, 2.05) is 6.07 Å². The third-order valence-electron chi connectivity index (χ3n) is 1.46.